The Morgan fingerprint density at radius 1 is 1.00 bits per heavy atom. The van der Waals surface area contributed by atoms with E-state index in [1.54, 1.807) is 24.9 Å². The van der Waals surface area contributed by atoms with E-state index in [0.717, 1.165) is 17.7 Å². The average Bonchev–Trinajstić information content (AvgIpc) is 3.40. The van der Waals surface area contributed by atoms with Crippen molar-refractivity contribution < 1.29 is 19.1 Å². The van der Waals surface area contributed by atoms with Gasteiger partial charge in [0.25, 0.3) is 5.91 Å². The minimum absolute atomic E-state index is 0.0874. The van der Waals surface area contributed by atoms with Crippen LogP contribution < -0.4 is 15.4 Å². The summed E-state index contributed by atoms with van der Waals surface area (Å²) in [7, 11) is 0. The molecule has 0 bridgehead atoms. The number of thioether (sulfide) groups is 1. The summed E-state index contributed by atoms with van der Waals surface area (Å²) in [6.07, 6.45) is 2.01. The Bertz CT molecular complexity index is 1010. The predicted octanol–water partition coefficient (Wildman–Crippen LogP) is 5.07. The van der Waals surface area contributed by atoms with Gasteiger partial charge in [-0.2, -0.15) is 11.8 Å². The van der Waals surface area contributed by atoms with Crippen LogP contribution in [-0.4, -0.2) is 47.6 Å². The summed E-state index contributed by atoms with van der Waals surface area (Å²) >= 11 is 1.65. The van der Waals surface area contributed by atoms with Crippen LogP contribution in [0.5, 0.6) is 5.75 Å². The summed E-state index contributed by atoms with van der Waals surface area (Å²) in [6, 6.07) is 23.1. The minimum Gasteiger partial charge on any atom is -0.481 e. The summed E-state index contributed by atoms with van der Waals surface area (Å²) < 4.78 is 11.2. The molecule has 1 aromatic heterocycles. The standard InChI is InChI=1S/C30H40N2O4S/c1-22(2)17-25(32-30(34)23(3)36-26-13-8-5-9-14-26)19-31-28(18-24-11-6-4-7-12-24)29(33)21-37-20-27-15-10-16-35-27/h4-16,22-23,25,28-29,31,33H,17-21H2,1-3H3,(H,32,34). The van der Waals surface area contributed by atoms with Crippen molar-refractivity contribution in [3.05, 3.63) is 90.4 Å². The molecular formula is C30H40N2O4S. The Kier molecular flexibility index (Phi) is 12.1. The van der Waals surface area contributed by atoms with E-state index in [0.29, 0.717) is 36.1 Å². The Morgan fingerprint density at radius 3 is 2.35 bits per heavy atom. The predicted molar refractivity (Wildman–Crippen MR) is 151 cm³/mol. The van der Waals surface area contributed by atoms with Gasteiger partial charge in [0.05, 0.1) is 18.1 Å². The van der Waals surface area contributed by atoms with E-state index < -0.39 is 12.2 Å². The first-order chi connectivity index (χ1) is 17.9. The second-order valence-electron chi connectivity index (χ2n) is 9.77. The van der Waals surface area contributed by atoms with E-state index in [-0.39, 0.29) is 18.0 Å². The first kappa shape index (κ1) is 28.8. The third-order valence-corrected chi connectivity index (χ3v) is 7.10. The molecule has 0 spiro atoms. The molecule has 0 aliphatic heterocycles. The van der Waals surface area contributed by atoms with Crippen LogP contribution in [0.15, 0.2) is 83.5 Å². The number of aliphatic hydroxyl groups excluding tert-OH is 1. The van der Waals surface area contributed by atoms with Crippen LogP contribution in [0.25, 0.3) is 0 Å². The number of carbonyl (C=O) groups is 1. The van der Waals surface area contributed by atoms with Gasteiger partial charge in [0.1, 0.15) is 11.5 Å². The molecule has 0 saturated carbocycles. The molecule has 4 atom stereocenters. The molecular weight excluding hydrogens is 484 g/mol. The number of aliphatic hydroxyl groups is 1. The molecule has 3 aromatic rings. The average molecular weight is 525 g/mol. The van der Waals surface area contributed by atoms with Gasteiger partial charge in [0, 0.05) is 24.4 Å². The van der Waals surface area contributed by atoms with E-state index in [2.05, 4.69) is 36.6 Å². The lowest BCUT2D eigenvalue weighted by Crippen LogP contribution is -2.52. The van der Waals surface area contributed by atoms with Gasteiger partial charge in [-0.3, -0.25) is 4.79 Å². The third-order valence-electron chi connectivity index (χ3n) is 6.03. The van der Waals surface area contributed by atoms with Gasteiger partial charge in [-0.1, -0.05) is 62.4 Å². The van der Waals surface area contributed by atoms with Gasteiger partial charge in [0.15, 0.2) is 6.10 Å². The lowest BCUT2D eigenvalue weighted by atomic mass is 10.00. The minimum atomic E-state index is -0.610. The van der Waals surface area contributed by atoms with Gasteiger partial charge >= 0.3 is 0 Å². The van der Waals surface area contributed by atoms with Crippen LogP contribution in [0.1, 0.15) is 38.5 Å². The van der Waals surface area contributed by atoms with E-state index >= 15 is 0 Å². The number of furan rings is 1. The van der Waals surface area contributed by atoms with Crippen LogP contribution in [0.2, 0.25) is 0 Å². The smallest absolute Gasteiger partial charge is 0.261 e. The van der Waals surface area contributed by atoms with Crippen molar-refractivity contribution in [3.8, 4) is 5.75 Å². The molecule has 7 heteroatoms. The zero-order valence-electron chi connectivity index (χ0n) is 22.0. The summed E-state index contributed by atoms with van der Waals surface area (Å²) in [5, 5.41) is 17.8. The highest BCUT2D eigenvalue weighted by molar-refractivity contribution is 7.98. The molecule has 0 saturated heterocycles. The monoisotopic (exact) mass is 524 g/mol. The van der Waals surface area contributed by atoms with E-state index in [1.807, 2.05) is 60.7 Å². The van der Waals surface area contributed by atoms with Crippen molar-refractivity contribution in [3.63, 3.8) is 0 Å². The fourth-order valence-corrected chi connectivity index (χ4v) is 5.09. The first-order valence-electron chi connectivity index (χ1n) is 13.0. The number of nitrogens with one attached hydrogen (secondary N) is 2. The molecule has 3 N–H and O–H groups in total. The van der Waals surface area contributed by atoms with Crippen LogP contribution in [0.3, 0.4) is 0 Å². The lowest BCUT2D eigenvalue weighted by molar-refractivity contribution is -0.128. The second-order valence-corrected chi connectivity index (χ2v) is 10.8. The summed E-state index contributed by atoms with van der Waals surface area (Å²) in [6.45, 7) is 6.61. The zero-order chi connectivity index (χ0) is 26.5. The number of amides is 1. The van der Waals surface area contributed by atoms with Gasteiger partial charge in [-0.05, 0) is 55.5 Å². The Hall–Kier alpha value is -2.74. The van der Waals surface area contributed by atoms with Crippen molar-refractivity contribution in [2.75, 3.05) is 12.3 Å². The van der Waals surface area contributed by atoms with Gasteiger partial charge in [0.2, 0.25) is 0 Å². The quantitative estimate of drug-likeness (QED) is 0.243. The fourth-order valence-electron chi connectivity index (χ4n) is 4.13. The van der Waals surface area contributed by atoms with Gasteiger partial charge in [-0.15, -0.1) is 0 Å². The second kappa shape index (κ2) is 15.5. The molecule has 0 aliphatic carbocycles. The molecule has 4 unspecified atom stereocenters. The van der Waals surface area contributed by atoms with Crippen molar-refractivity contribution in [1.82, 2.24) is 10.6 Å². The molecule has 0 aliphatic rings. The lowest BCUT2D eigenvalue weighted by Gasteiger charge is -2.29. The maximum Gasteiger partial charge on any atom is 0.261 e. The first-order valence-corrected chi connectivity index (χ1v) is 14.1. The molecule has 1 heterocycles. The fraction of sp³-hybridized carbons (Fsp3) is 0.433. The summed E-state index contributed by atoms with van der Waals surface area (Å²) in [4.78, 5) is 12.9. The Balaban J connectivity index is 1.59. The van der Waals surface area contributed by atoms with Gasteiger partial charge < -0.3 is 24.9 Å². The molecule has 2 aromatic carbocycles. The third kappa shape index (κ3) is 10.6. The maximum absolute atomic E-state index is 12.9. The number of hydrogen-bond acceptors (Lipinski definition) is 6. The highest BCUT2D eigenvalue weighted by Crippen LogP contribution is 2.17. The van der Waals surface area contributed by atoms with Crippen LogP contribution in [0, 0.1) is 5.92 Å². The Morgan fingerprint density at radius 2 is 1.70 bits per heavy atom. The zero-order valence-corrected chi connectivity index (χ0v) is 22.8. The topological polar surface area (TPSA) is 83.7 Å². The number of hydrogen-bond donors (Lipinski definition) is 3. The number of para-hydroxylation sites is 1. The number of benzene rings is 2. The molecule has 6 nitrogen and oxygen atoms in total. The van der Waals surface area contributed by atoms with E-state index in [4.69, 9.17) is 9.15 Å². The molecule has 37 heavy (non-hydrogen) atoms. The molecule has 200 valence electrons. The molecule has 1 amide bonds. The largest absolute Gasteiger partial charge is 0.481 e. The Labute approximate surface area is 225 Å². The van der Waals surface area contributed by atoms with Crippen molar-refractivity contribution >= 4 is 17.7 Å². The van der Waals surface area contributed by atoms with Crippen molar-refractivity contribution in [2.24, 2.45) is 5.92 Å². The summed E-state index contributed by atoms with van der Waals surface area (Å²) in [5.41, 5.74) is 1.16. The SMILES string of the molecule is CC(C)CC(CNC(Cc1ccccc1)C(O)CSCc1ccco1)NC(=O)C(C)Oc1ccccc1. The van der Waals surface area contributed by atoms with E-state index in [9.17, 15) is 9.90 Å². The normalized spacial score (nSPS) is 14.6. The van der Waals surface area contributed by atoms with Crippen LogP contribution in [-0.2, 0) is 17.0 Å². The molecule has 0 fully saturated rings. The molecule has 3 rings (SSSR count). The molecule has 0 radical (unpaired) electrons. The number of ether oxygens (including phenoxy) is 1. The highest BCUT2D eigenvalue weighted by atomic mass is 32.2. The van der Waals surface area contributed by atoms with Crippen LogP contribution in [0.4, 0.5) is 0 Å². The van der Waals surface area contributed by atoms with Crippen LogP contribution >= 0.6 is 11.8 Å². The van der Waals surface area contributed by atoms with Crippen molar-refractivity contribution in [1.29, 1.82) is 0 Å². The number of carbonyl (C=O) groups excluding carboxylic acids is 1. The van der Waals surface area contributed by atoms with Crippen molar-refractivity contribution in [2.45, 2.75) is 63.7 Å². The maximum atomic E-state index is 12.9. The number of rotatable bonds is 16. The van der Waals surface area contributed by atoms with E-state index in [1.165, 1.54) is 0 Å². The summed E-state index contributed by atoms with van der Waals surface area (Å²) in [5.74, 6) is 3.12. The highest BCUT2D eigenvalue weighted by Gasteiger charge is 2.24. The van der Waals surface area contributed by atoms with Gasteiger partial charge in [-0.25, -0.2) is 0 Å².